The van der Waals surface area contributed by atoms with Gasteiger partial charge in [0.05, 0.1) is 0 Å². The monoisotopic (exact) mass is 309 g/mol. The number of carbonyl (C=O) groups excluding carboxylic acids is 1. The number of aliphatic carboxylic acids is 1. The van der Waals surface area contributed by atoms with Crippen LogP contribution in [0.2, 0.25) is 0 Å². The van der Waals surface area contributed by atoms with E-state index in [1.807, 2.05) is 0 Å². The Balaban J connectivity index is 2.05. The molecule has 2 fully saturated rings. The van der Waals surface area contributed by atoms with E-state index in [1.165, 1.54) is 0 Å². The smallest absolute Gasteiger partial charge is 0.406 e. The van der Waals surface area contributed by atoms with Crippen LogP contribution < -0.4 is 0 Å². The molecule has 0 bridgehead atoms. The van der Waals surface area contributed by atoms with Crippen molar-refractivity contribution >= 4 is 11.9 Å². The molecular weight excluding hydrogens is 291 g/mol. The van der Waals surface area contributed by atoms with Crippen molar-refractivity contribution in [2.45, 2.75) is 57.0 Å². The molecule has 1 saturated heterocycles. The van der Waals surface area contributed by atoms with Crippen LogP contribution in [-0.2, 0) is 14.3 Å². The van der Waals surface area contributed by atoms with Gasteiger partial charge in [0.25, 0.3) is 5.91 Å². The Bertz CT molecular complexity index is 422. The lowest BCUT2D eigenvalue weighted by Crippen LogP contribution is -2.49. The maximum Gasteiger partial charge on any atom is 0.406 e. The SMILES string of the molecule is CC(C1CC1)N(CC(F)(F)F)C(=O)C1CCC(C(=O)O)O1. The number of hydrogen-bond donors (Lipinski definition) is 1. The highest BCUT2D eigenvalue weighted by Crippen LogP contribution is 2.37. The van der Waals surface area contributed by atoms with Crippen molar-refractivity contribution < 1.29 is 32.6 Å². The number of rotatable bonds is 5. The van der Waals surface area contributed by atoms with Gasteiger partial charge in [-0.1, -0.05) is 0 Å². The van der Waals surface area contributed by atoms with E-state index in [2.05, 4.69) is 0 Å². The van der Waals surface area contributed by atoms with Gasteiger partial charge in [-0.05, 0) is 38.5 Å². The third kappa shape index (κ3) is 4.09. The number of carboxylic acids is 1. The minimum atomic E-state index is -4.48. The summed E-state index contributed by atoms with van der Waals surface area (Å²) in [5.41, 5.74) is 0. The van der Waals surface area contributed by atoms with E-state index < -0.39 is 42.8 Å². The number of ether oxygens (including phenoxy) is 1. The molecule has 1 aliphatic carbocycles. The molecule has 1 saturated carbocycles. The molecule has 1 N–H and O–H groups in total. The molecule has 5 nitrogen and oxygen atoms in total. The first-order chi connectivity index (χ1) is 9.69. The Labute approximate surface area is 120 Å². The van der Waals surface area contributed by atoms with Crippen molar-refractivity contribution in [1.82, 2.24) is 4.90 Å². The van der Waals surface area contributed by atoms with Crippen molar-refractivity contribution in [2.75, 3.05) is 6.54 Å². The van der Waals surface area contributed by atoms with E-state index in [9.17, 15) is 22.8 Å². The van der Waals surface area contributed by atoms with Gasteiger partial charge in [0.15, 0.2) is 6.10 Å². The maximum absolute atomic E-state index is 12.7. The van der Waals surface area contributed by atoms with E-state index in [0.717, 1.165) is 17.7 Å². The minimum absolute atomic E-state index is 0.0907. The van der Waals surface area contributed by atoms with E-state index in [0.29, 0.717) is 0 Å². The maximum atomic E-state index is 12.7. The van der Waals surface area contributed by atoms with Crippen molar-refractivity contribution in [2.24, 2.45) is 5.92 Å². The number of carbonyl (C=O) groups is 2. The normalized spacial score (nSPS) is 27.4. The number of halogens is 3. The first kappa shape index (κ1) is 16.1. The highest BCUT2D eigenvalue weighted by atomic mass is 19.4. The van der Waals surface area contributed by atoms with Crippen LogP contribution in [-0.4, -0.2) is 52.9 Å². The molecule has 3 atom stereocenters. The molecule has 0 aromatic heterocycles. The summed E-state index contributed by atoms with van der Waals surface area (Å²) in [7, 11) is 0. The van der Waals surface area contributed by atoms with Crippen LogP contribution in [0.5, 0.6) is 0 Å². The number of carboxylic acid groups (broad SMARTS) is 1. The summed E-state index contributed by atoms with van der Waals surface area (Å²) in [4.78, 5) is 23.9. The first-order valence-corrected chi connectivity index (χ1v) is 6.94. The fourth-order valence-corrected chi connectivity index (χ4v) is 2.63. The summed E-state index contributed by atoms with van der Waals surface area (Å²) in [5.74, 6) is -1.86. The number of hydrogen-bond acceptors (Lipinski definition) is 3. The molecule has 1 heterocycles. The Morgan fingerprint density at radius 2 is 1.81 bits per heavy atom. The average molecular weight is 309 g/mol. The van der Waals surface area contributed by atoms with E-state index in [4.69, 9.17) is 9.84 Å². The second kappa shape index (κ2) is 5.82. The van der Waals surface area contributed by atoms with Gasteiger partial charge in [-0.15, -0.1) is 0 Å². The van der Waals surface area contributed by atoms with Crippen LogP contribution in [0.1, 0.15) is 32.6 Å². The van der Waals surface area contributed by atoms with Crippen molar-refractivity contribution in [3.8, 4) is 0 Å². The standard InChI is InChI=1S/C13H18F3NO4/c1-7(8-2-3-8)17(6-13(14,15)16)11(18)9-4-5-10(21-9)12(19)20/h7-10H,2-6H2,1H3,(H,19,20). The largest absolute Gasteiger partial charge is 0.479 e. The van der Waals surface area contributed by atoms with E-state index in [-0.39, 0.29) is 18.8 Å². The summed E-state index contributed by atoms with van der Waals surface area (Å²) in [6.07, 6.45) is -4.77. The first-order valence-electron chi connectivity index (χ1n) is 6.94. The topological polar surface area (TPSA) is 66.8 Å². The zero-order valence-corrected chi connectivity index (χ0v) is 11.6. The fourth-order valence-electron chi connectivity index (χ4n) is 2.63. The molecule has 0 radical (unpaired) electrons. The van der Waals surface area contributed by atoms with Crippen LogP contribution in [0.25, 0.3) is 0 Å². The highest BCUT2D eigenvalue weighted by Gasteiger charge is 2.44. The molecule has 120 valence electrons. The fraction of sp³-hybridized carbons (Fsp3) is 0.846. The zero-order chi connectivity index (χ0) is 15.8. The van der Waals surface area contributed by atoms with Gasteiger partial charge in [-0.25, -0.2) is 4.79 Å². The Morgan fingerprint density at radius 3 is 2.24 bits per heavy atom. The number of nitrogens with zero attached hydrogens (tertiary/aromatic N) is 1. The Morgan fingerprint density at radius 1 is 1.24 bits per heavy atom. The lowest BCUT2D eigenvalue weighted by molar-refractivity contribution is -0.174. The minimum Gasteiger partial charge on any atom is -0.479 e. The average Bonchev–Trinajstić information content (AvgIpc) is 3.10. The van der Waals surface area contributed by atoms with Gasteiger partial charge in [-0.3, -0.25) is 4.79 Å². The molecule has 0 aromatic carbocycles. The summed E-state index contributed by atoms with van der Waals surface area (Å²) in [6, 6.07) is -0.508. The molecule has 2 aliphatic rings. The van der Waals surface area contributed by atoms with Crippen LogP contribution in [0.4, 0.5) is 13.2 Å². The van der Waals surface area contributed by atoms with Crippen molar-refractivity contribution in [3.05, 3.63) is 0 Å². The second-order valence-electron chi connectivity index (χ2n) is 5.69. The molecule has 0 aromatic rings. The molecule has 1 aliphatic heterocycles. The van der Waals surface area contributed by atoms with Gasteiger partial charge in [0.2, 0.25) is 0 Å². The second-order valence-corrected chi connectivity index (χ2v) is 5.69. The molecule has 1 amide bonds. The molecule has 3 unspecified atom stereocenters. The molecule has 2 rings (SSSR count). The summed E-state index contributed by atoms with van der Waals surface area (Å²) in [6.45, 7) is 0.284. The zero-order valence-electron chi connectivity index (χ0n) is 11.6. The van der Waals surface area contributed by atoms with Gasteiger partial charge in [0.1, 0.15) is 12.6 Å². The Hall–Kier alpha value is -1.31. The summed E-state index contributed by atoms with van der Waals surface area (Å²) in [5, 5.41) is 8.82. The summed E-state index contributed by atoms with van der Waals surface area (Å²) < 4.78 is 43.1. The van der Waals surface area contributed by atoms with Gasteiger partial charge in [-0.2, -0.15) is 13.2 Å². The summed E-state index contributed by atoms with van der Waals surface area (Å²) >= 11 is 0. The lowest BCUT2D eigenvalue weighted by Gasteiger charge is -2.32. The third-order valence-electron chi connectivity index (χ3n) is 4.00. The molecular formula is C13H18F3NO4. The molecule has 21 heavy (non-hydrogen) atoms. The van der Waals surface area contributed by atoms with Gasteiger partial charge >= 0.3 is 12.1 Å². The highest BCUT2D eigenvalue weighted by molar-refractivity contribution is 5.83. The van der Waals surface area contributed by atoms with Crippen LogP contribution >= 0.6 is 0 Å². The number of amides is 1. The Kier molecular flexibility index (Phi) is 4.46. The van der Waals surface area contributed by atoms with Crippen molar-refractivity contribution in [3.63, 3.8) is 0 Å². The predicted molar refractivity (Wildman–Crippen MR) is 65.5 cm³/mol. The van der Waals surface area contributed by atoms with Crippen LogP contribution in [0.3, 0.4) is 0 Å². The quantitative estimate of drug-likeness (QED) is 0.841. The van der Waals surface area contributed by atoms with E-state index in [1.54, 1.807) is 6.92 Å². The van der Waals surface area contributed by atoms with Gasteiger partial charge < -0.3 is 14.7 Å². The lowest BCUT2D eigenvalue weighted by atomic mass is 10.1. The predicted octanol–water partition coefficient (Wildman–Crippen LogP) is 1.81. The van der Waals surface area contributed by atoms with Crippen LogP contribution in [0.15, 0.2) is 0 Å². The molecule has 8 heteroatoms. The van der Waals surface area contributed by atoms with E-state index >= 15 is 0 Å². The third-order valence-corrected chi connectivity index (χ3v) is 4.00. The van der Waals surface area contributed by atoms with Gasteiger partial charge in [0, 0.05) is 6.04 Å². The number of alkyl halides is 3. The molecule has 0 spiro atoms. The van der Waals surface area contributed by atoms with Crippen LogP contribution in [0, 0.1) is 5.92 Å². The van der Waals surface area contributed by atoms with Crippen molar-refractivity contribution in [1.29, 1.82) is 0 Å².